The largest absolute Gasteiger partial charge is 0.456 e. The Bertz CT molecular complexity index is 984. The van der Waals surface area contributed by atoms with Gasteiger partial charge in [-0.15, -0.1) is 0 Å². The molecule has 0 aliphatic rings. The molecule has 1 N–H and O–H groups in total. The third-order valence-corrected chi connectivity index (χ3v) is 4.32. The van der Waals surface area contributed by atoms with Crippen molar-refractivity contribution in [3.05, 3.63) is 69.9 Å². The van der Waals surface area contributed by atoms with Gasteiger partial charge in [-0.25, -0.2) is 0 Å². The highest BCUT2D eigenvalue weighted by Crippen LogP contribution is 2.23. The molecule has 0 saturated carbocycles. The second kappa shape index (κ2) is 7.56. The van der Waals surface area contributed by atoms with Crippen molar-refractivity contribution >= 4 is 16.9 Å². The Morgan fingerprint density at radius 3 is 2.50 bits per heavy atom. The van der Waals surface area contributed by atoms with E-state index in [-0.39, 0.29) is 11.3 Å². The molecule has 2 aromatic carbocycles. The van der Waals surface area contributed by atoms with Crippen LogP contribution in [0.4, 0.5) is 0 Å². The summed E-state index contributed by atoms with van der Waals surface area (Å²) in [5, 5.41) is 3.49. The minimum Gasteiger partial charge on any atom is -0.456 e. The molecule has 3 aromatic rings. The summed E-state index contributed by atoms with van der Waals surface area (Å²) in [5.74, 6) is 0.961. The van der Waals surface area contributed by atoms with Gasteiger partial charge in [0.1, 0.15) is 11.3 Å². The fourth-order valence-corrected chi connectivity index (χ4v) is 2.77. The summed E-state index contributed by atoms with van der Waals surface area (Å²) in [4.78, 5) is 24.5. The van der Waals surface area contributed by atoms with Crippen LogP contribution in [0.15, 0.2) is 57.7 Å². The highest BCUT2D eigenvalue weighted by atomic mass is 16.3. The van der Waals surface area contributed by atoms with Crippen LogP contribution in [0.2, 0.25) is 0 Å². The number of carbonyl (C=O) groups is 1. The third-order valence-electron chi connectivity index (χ3n) is 4.32. The smallest absolute Gasteiger partial charge is 0.251 e. The zero-order valence-corrected chi connectivity index (χ0v) is 15.3. The second-order valence-corrected chi connectivity index (χ2v) is 6.99. The zero-order chi connectivity index (χ0) is 18.7. The van der Waals surface area contributed by atoms with Crippen LogP contribution in [0, 0.1) is 12.8 Å². The van der Waals surface area contributed by atoms with Crippen LogP contribution in [0.25, 0.3) is 22.3 Å². The number of amides is 1. The molecule has 0 aliphatic heterocycles. The number of carbonyl (C=O) groups excluding carboxylic acids is 1. The van der Waals surface area contributed by atoms with Gasteiger partial charge in [0, 0.05) is 23.7 Å². The summed E-state index contributed by atoms with van der Waals surface area (Å²) < 4.78 is 5.87. The van der Waals surface area contributed by atoms with Crippen molar-refractivity contribution < 1.29 is 9.21 Å². The molecular formula is C22H23NO3. The van der Waals surface area contributed by atoms with Crippen LogP contribution in [0.1, 0.15) is 36.2 Å². The lowest BCUT2D eigenvalue weighted by Crippen LogP contribution is -2.25. The highest BCUT2D eigenvalue weighted by molar-refractivity contribution is 5.94. The van der Waals surface area contributed by atoms with Gasteiger partial charge in [-0.05, 0) is 43.5 Å². The molecule has 0 bridgehead atoms. The van der Waals surface area contributed by atoms with Gasteiger partial charge in [-0.1, -0.05) is 37.6 Å². The lowest BCUT2D eigenvalue weighted by Gasteiger charge is -2.08. The van der Waals surface area contributed by atoms with Crippen molar-refractivity contribution in [3.63, 3.8) is 0 Å². The van der Waals surface area contributed by atoms with E-state index in [1.165, 1.54) is 6.07 Å². The molecule has 0 radical (unpaired) electrons. The summed E-state index contributed by atoms with van der Waals surface area (Å²) in [7, 11) is 0. The predicted molar refractivity (Wildman–Crippen MR) is 104 cm³/mol. The molecule has 1 amide bonds. The molecule has 1 heterocycles. The zero-order valence-electron chi connectivity index (χ0n) is 15.3. The van der Waals surface area contributed by atoms with E-state index in [2.05, 4.69) is 19.2 Å². The standard InChI is InChI=1S/C22H23NO3/c1-14(2)10-11-23-22(25)17-7-5-16(6-8-17)21-13-19(24)18-12-15(3)4-9-20(18)26-21/h4-9,12-14H,10-11H2,1-3H3,(H,23,25). The van der Waals surface area contributed by atoms with Gasteiger partial charge in [0.05, 0.1) is 5.39 Å². The summed E-state index contributed by atoms with van der Waals surface area (Å²) in [6, 6.07) is 14.2. The number of fused-ring (bicyclic) bond motifs is 1. The van der Waals surface area contributed by atoms with Crippen molar-refractivity contribution in [2.75, 3.05) is 6.54 Å². The SMILES string of the molecule is Cc1ccc2oc(-c3ccc(C(=O)NCCC(C)C)cc3)cc(=O)c2c1. The first-order valence-corrected chi connectivity index (χ1v) is 8.87. The number of benzene rings is 2. The van der Waals surface area contributed by atoms with Crippen molar-refractivity contribution in [1.29, 1.82) is 0 Å². The van der Waals surface area contributed by atoms with E-state index in [1.54, 1.807) is 24.3 Å². The molecule has 4 nitrogen and oxygen atoms in total. The van der Waals surface area contributed by atoms with E-state index >= 15 is 0 Å². The maximum Gasteiger partial charge on any atom is 0.251 e. The Hall–Kier alpha value is -2.88. The molecule has 0 atom stereocenters. The molecule has 0 saturated heterocycles. The van der Waals surface area contributed by atoms with Crippen LogP contribution in [0.5, 0.6) is 0 Å². The van der Waals surface area contributed by atoms with Gasteiger partial charge in [0.25, 0.3) is 5.91 Å². The Balaban J connectivity index is 1.82. The molecule has 4 heteroatoms. The van der Waals surface area contributed by atoms with Gasteiger partial charge >= 0.3 is 0 Å². The Labute approximate surface area is 152 Å². The Morgan fingerprint density at radius 2 is 1.81 bits per heavy atom. The number of rotatable bonds is 5. The predicted octanol–water partition coefficient (Wildman–Crippen LogP) is 4.54. The number of aryl methyl sites for hydroxylation is 1. The van der Waals surface area contributed by atoms with E-state index in [0.717, 1.165) is 17.5 Å². The van der Waals surface area contributed by atoms with Crippen LogP contribution >= 0.6 is 0 Å². The topological polar surface area (TPSA) is 59.3 Å². The molecular weight excluding hydrogens is 326 g/mol. The normalized spacial score (nSPS) is 11.1. The van der Waals surface area contributed by atoms with Gasteiger partial charge in [-0.3, -0.25) is 9.59 Å². The molecule has 0 aliphatic carbocycles. The summed E-state index contributed by atoms with van der Waals surface area (Å²) >= 11 is 0. The second-order valence-electron chi connectivity index (χ2n) is 6.99. The van der Waals surface area contributed by atoms with Crippen LogP contribution < -0.4 is 10.7 Å². The molecule has 3 rings (SSSR count). The summed E-state index contributed by atoms with van der Waals surface area (Å²) in [6.45, 7) is 6.86. The minimum atomic E-state index is -0.0901. The van der Waals surface area contributed by atoms with E-state index < -0.39 is 0 Å². The quantitative estimate of drug-likeness (QED) is 0.735. The van der Waals surface area contributed by atoms with E-state index in [1.807, 2.05) is 25.1 Å². The Morgan fingerprint density at radius 1 is 1.08 bits per heavy atom. The number of nitrogens with one attached hydrogen (secondary N) is 1. The number of hydrogen-bond donors (Lipinski definition) is 1. The molecule has 0 fully saturated rings. The summed E-state index contributed by atoms with van der Waals surface area (Å²) in [5.41, 5.74) is 2.87. The van der Waals surface area contributed by atoms with Crippen LogP contribution in [-0.4, -0.2) is 12.5 Å². The Kier molecular flexibility index (Phi) is 5.21. The van der Waals surface area contributed by atoms with Crippen molar-refractivity contribution in [3.8, 4) is 11.3 Å². The number of hydrogen-bond acceptors (Lipinski definition) is 3. The molecule has 0 spiro atoms. The van der Waals surface area contributed by atoms with E-state index in [0.29, 0.717) is 34.8 Å². The average molecular weight is 349 g/mol. The lowest BCUT2D eigenvalue weighted by molar-refractivity contribution is 0.0952. The van der Waals surface area contributed by atoms with E-state index in [4.69, 9.17) is 4.42 Å². The van der Waals surface area contributed by atoms with Gasteiger partial charge in [0.15, 0.2) is 5.43 Å². The van der Waals surface area contributed by atoms with Gasteiger partial charge in [0.2, 0.25) is 0 Å². The lowest BCUT2D eigenvalue weighted by atomic mass is 10.1. The van der Waals surface area contributed by atoms with Crippen molar-refractivity contribution in [2.24, 2.45) is 5.92 Å². The molecule has 0 unspecified atom stereocenters. The maximum atomic E-state index is 12.3. The minimum absolute atomic E-state index is 0.0690. The van der Waals surface area contributed by atoms with Crippen molar-refractivity contribution in [1.82, 2.24) is 5.32 Å². The first kappa shape index (κ1) is 17.9. The molecule has 1 aromatic heterocycles. The van der Waals surface area contributed by atoms with Gasteiger partial charge in [-0.2, -0.15) is 0 Å². The fraction of sp³-hybridized carbons (Fsp3) is 0.273. The average Bonchev–Trinajstić information content (AvgIpc) is 2.62. The van der Waals surface area contributed by atoms with Gasteiger partial charge < -0.3 is 9.73 Å². The monoisotopic (exact) mass is 349 g/mol. The fourth-order valence-electron chi connectivity index (χ4n) is 2.77. The molecule has 134 valence electrons. The third kappa shape index (κ3) is 4.02. The van der Waals surface area contributed by atoms with Crippen LogP contribution in [-0.2, 0) is 0 Å². The first-order chi connectivity index (χ1) is 12.4. The van der Waals surface area contributed by atoms with Crippen molar-refractivity contribution in [2.45, 2.75) is 27.2 Å². The van der Waals surface area contributed by atoms with Crippen LogP contribution in [0.3, 0.4) is 0 Å². The summed E-state index contributed by atoms with van der Waals surface area (Å²) in [6.07, 6.45) is 0.950. The van der Waals surface area contributed by atoms with E-state index in [9.17, 15) is 9.59 Å². The highest BCUT2D eigenvalue weighted by Gasteiger charge is 2.09. The first-order valence-electron chi connectivity index (χ1n) is 8.87. The molecule has 26 heavy (non-hydrogen) atoms. The maximum absolute atomic E-state index is 12.3.